The topological polar surface area (TPSA) is 55.8 Å². The summed E-state index contributed by atoms with van der Waals surface area (Å²) in [6, 6.07) is 9.45. The molecule has 1 aliphatic heterocycles. The maximum absolute atomic E-state index is 13.4. The Kier molecular flexibility index (Phi) is 7.98. The highest BCUT2D eigenvalue weighted by Crippen LogP contribution is 2.39. The van der Waals surface area contributed by atoms with Crippen LogP contribution in [0.4, 0.5) is 9.18 Å². The smallest absolute Gasteiger partial charge is 0.293 e. The Morgan fingerprint density at radius 2 is 1.97 bits per heavy atom. The maximum Gasteiger partial charge on any atom is 0.293 e. The highest BCUT2D eigenvalue weighted by atomic mass is 35.5. The van der Waals surface area contributed by atoms with Gasteiger partial charge in [0, 0.05) is 6.54 Å². The molecule has 0 spiro atoms. The van der Waals surface area contributed by atoms with E-state index in [-0.39, 0.29) is 23.6 Å². The summed E-state index contributed by atoms with van der Waals surface area (Å²) in [5.41, 5.74) is 1.27. The zero-order valence-electron chi connectivity index (χ0n) is 17.3. The lowest BCUT2D eigenvalue weighted by Gasteiger charge is -2.15. The number of amides is 2. The number of benzene rings is 2. The third-order valence-corrected chi connectivity index (χ3v) is 5.70. The second kappa shape index (κ2) is 10.7. The molecule has 0 aromatic heterocycles. The summed E-state index contributed by atoms with van der Waals surface area (Å²) in [6.45, 7) is 4.74. The molecule has 0 aliphatic carbocycles. The van der Waals surface area contributed by atoms with Crippen LogP contribution in [-0.2, 0) is 11.4 Å². The molecule has 164 valence electrons. The first-order valence-electron chi connectivity index (χ1n) is 10.0. The summed E-state index contributed by atoms with van der Waals surface area (Å²) < 4.78 is 24.9. The van der Waals surface area contributed by atoms with Gasteiger partial charge in [-0.15, -0.1) is 0 Å². The molecule has 0 saturated carbocycles. The number of hydrogen-bond acceptors (Lipinski definition) is 5. The molecule has 3 rings (SSSR count). The van der Waals surface area contributed by atoms with Gasteiger partial charge in [0.1, 0.15) is 12.4 Å². The minimum atomic E-state index is -0.347. The summed E-state index contributed by atoms with van der Waals surface area (Å²) in [5, 5.41) is 0.0229. The van der Waals surface area contributed by atoms with Crippen LogP contribution < -0.4 is 9.47 Å². The van der Waals surface area contributed by atoms with Crippen molar-refractivity contribution in [2.75, 3.05) is 13.2 Å². The second-order valence-electron chi connectivity index (χ2n) is 6.87. The van der Waals surface area contributed by atoms with E-state index in [9.17, 15) is 14.0 Å². The summed E-state index contributed by atoms with van der Waals surface area (Å²) >= 11 is 7.35. The number of thioether (sulfide) groups is 1. The average molecular weight is 464 g/mol. The number of rotatable bonds is 9. The summed E-state index contributed by atoms with van der Waals surface area (Å²) in [7, 11) is 0. The fourth-order valence-corrected chi connectivity index (χ4v) is 4.16. The van der Waals surface area contributed by atoms with E-state index >= 15 is 0 Å². The predicted octanol–water partition coefficient (Wildman–Crippen LogP) is 6.29. The van der Waals surface area contributed by atoms with Crippen molar-refractivity contribution in [3.8, 4) is 11.5 Å². The van der Waals surface area contributed by atoms with E-state index in [1.165, 1.54) is 17.0 Å². The van der Waals surface area contributed by atoms with Gasteiger partial charge in [-0.05, 0) is 66.6 Å². The number of imide groups is 1. The molecule has 8 heteroatoms. The Bertz CT molecular complexity index is 1010. The van der Waals surface area contributed by atoms with Gasteiger partial charge in [-0.1, -0.05) is 37.1 Å². The number of hydrogen-bond donors (Lipinski definition) is 0. The van der Waals surface area contributed by atoms with Crippen LogP contribution in [0, 0.1) is 5.82 Å². The van der Waals surface area contributed by atoms with Gasteiger partial charge in [-0.2, -0.15) is 0 Å². The first kappa shape index (κ1) is 23.2. The Morgan fingerprint density at radius 3 is 2.68 bits per heavy atom. The van der Waals surface area contributed by atoms with Gasteiger partial charge >= 0.3 is 0 Å². The molecule has 1 fully saturated rings. The fraction of sp³-hybridized carbons (Fsp3) is 0.304. The molecule has 2 amide bonds. The zero-order valence-corrected chi connectivity index (χ0v) is 18.9. The molecule has 0 N–H and O–H groups in total. The number of ether oxygens (including phenoxy) is 2. The quantitative estimate of drug-likeness (QED) is 0.409. The normalized spacial score (nSPS) is 15.1. The van der Waals surface area contributed by atoms with Crippen molar-refractivity contribution in [1.29, 1.82) is 0 Å². The van der Waals surface area contributed by atoms with E-state index in [4.69, 9.17) is 21.1 Å². The van der Waals surface area contributed by atoms with Crippen LogP contribution in [0.3, 0.4) is 0 Å². The van der Waals surface area contributed by atoms with E-state index in [0.717, 1.165) is 24.6 Å². The number of carbonyl (C=O) groups excluding carboxylic acids is 2. The van der Waals surface area contributed by atoms with Crippen LogP contribution >= 0.6 is 23.4 Å². The third-order valence-electron chi connectivity index (χ3n) is 4.51. The lowest BCUT2D eigenvalue weighted by molar-refractivity contribution is -0.122. The van der Waals surface area contributed by atoms with Crippen molar-refractivity contribution in [2.45, 2.75) is 33.3 Å². The fourth-order valence-electron chi connectivity index (χ4n) is 3.02. The highest BCUT2D eigenvalue weighted by molar-refractivity contribution is 8.18. The molecule has 0 atom stereocenters. The molecule has 1 heterocycles. The van der Waals surface area contributed by atoms with E-state index < -0.39 is 0 Å². The van der Waals surface area contributed by atoms with Crippen LogP contribution in [0.15, 0.2) is 41.3 Å². The predicted molar refractivity (Wildman–Crippen MR) is 121 cm³/mol. The number of nitrogens with zero attached hydrogens (tertiary/aromatic N) is 1. The number of halogens is 2. The van der Waals surface area contributed by atoms with Crippen LogP contribution in [0.2, 0.25) is 5.02 Å². The van der Waals surface area contributed by atoms with Crippen LogP contribution in [-0.4, -0.2) is 29.2 Å². The molecule has 0 bridgehead atoms. The third kappa shape index (κ3) is 5.80. The van der Waals surface area contributed by atoms with E-state index in [1.54, 1.807) is 30.3 Å². The van der Waals surface area contributed by atoms with Gasteiger partial charge in [-0.25, -0.2) is 4.39 Å². The number of unbranched alkanes of at least 4 members (excludes halogenated alkanes) is 1. The van der Waals surface area contributed by atoms with Crippen LogP contribution in [0.1, 0.15) is 37.8 Å². The molecular formula is C23H23ClFNO4S. The van der Waals surface area contributed by atoms with Crippen molar-refractivity contribution in [2.24, 2.45) is 0 Å². The number of carbonyl (C=O) groups is 2. The molecule has 31 heavy (non-hydrogen) atoms. The minimum absolute atomic E-state index is 0.118. The molecule has 1 aliphatic rings. The highest BCUT2D eigenvalue weighted by Gasteiger charge is 2.34. The largest absolute Gasteiger partial charge is 0.490 e. The maximum atomic E-state index is 13.4. The van der Waals surface area contributed by atoms with Crippen molar-refractivity contribution >= 4 is 40.6 Å². The lowest BCUT2D eigenvalue weighted by Crippen LogP contribution is -2.29. The van der Waals surface area contributed by atoms with Gasteiger partial charge in [0.15, 0.2) is 11.5 Å². The van der Waals surface area contributed by atoms with E-state index in [1.807, 2.05) is 13.8 Å². The molecule has 2 aromatic carbocycles. The van der Waals surface area contributed by atoms with Crippen molar-refractivity contribution < 1.29 is 23.5 Å². The summed E-state index contributed by atoms with van der Waals surface area (Å²) in [5.74, 6) is 0.0910. The standard InChI is InChI=1S/C23H23ClFNO4S/c1-3-5-9-26-22(27)20(31-23(26)28)13-16-11-18(24)21(19(12-16)29-4-2)30-14-15-7-6-8-17(25)10-15/h6-8,10-13H,3-5,9,14H2,1-2H3/b20-13-. The molecule has 1 saturated heterocycles. The molecule has 0 unspecified atom stereocenters. The lowest BCUT2D eigenvalue weighted by atomic mass is 10.1. The summed E-state index contributed by atoms with van der Waals surface area (Å²) in [4.78, 5) is 26.3. The summed E-state index contributed by atoms with van der Waals surface area (Å²) in [6.07, 6.45) is 3.29. The van der Waals surface area contributed by atoms with E-state index in [2.05, 4.69) is 0 Å². The zero-order chi connectivity index (χ0) is 22.4. The average Bonchev–Trinajstić information content (AvgIpc) is 2.98. The first-order chi connectivity index (χ1) is 14.9. The van der Waals surface area contributed by atoms with Crippen molar-refractivity contribution in [3.05, 3.63) is 63.3 Å². The SMILES string of the molecule is CCCCN1C(=O)S/C(=C\c2cc(Cl)c(OCc3cccc(F)c3)c(OCC)c2)C1=O. The van der Waals surface area contributed by atoms with Crippen molar-refractivity contribution in [3.63, 3.8) is 0 Å². The molecular weight excluding hydrogens is 441 g/mol. The van der Waals surface area contributed by atoms with Gasteiger partial charge in [0.2, 0.25) is 0 Å². The first-order valence-corrected chi connectivity index (χ1v) is 11.2. The van der Waals surface area contributed by atoms with Gasteiger partial charge in [0.25, 0.3) is 11.1 Å². The Morgan fingerprint density at radius 1 is 1.16 bits per heavy atom. The van der Waals surface area contributed by atoms with Gasteiger partial charge in [0.05, 0.1) is 16.5 Å². The van der Waals surface area contributed by atoms with Crippen molar-refractivity contribution in [1.82, 2.24) is 4.90 Å². The molecule has 0 radical (unpaired) electrons. The van der Waals surface area contributed by atoms with E-state index in [0.29, 0.717) is 45.7 Å². The van der Waals surface area contributed by atoms with Crippen LogP contribution in [0.25, 0.3) is 6.08 Å². The second-order valence-corrected chi connectivity index (χ2v) is 8.27. The molecule has 5 nitrogen and oxygen atoms in total. The van der Waals surface area contributed by atoms with Gasteiger partial charge < -0.3 is 9.47 Å². The minimum Gasteiger partial charge on any atom is -0.490 e. The van der Waals surface area contributed by atoms with Crippen LogP contribution in [0.5, 0.6) is 11.5 Å². The Labute approximate surface area is 190 Å². The Balaban J connectivity index is 1.83. The monoisotopic (exact) mass is 463 g/mol. The van der Waals surface area contributed by atoms with Gasteiger partial charge in [-0.3, -0.25) is 14.5 Å². The molecule has 2 aromatic rings. The Hall–Kier alpha value is -2.51.